The molecule has 0 unspecified atom stereocenters. The molecule has 0 aromatic carbocycles. The molecule has 0 amide bonds. The second-order valence-electron chi connectivity index (χ2n) is 5.84. The largest absolute Gasteiger partial charge is 0.327 e. The highest BCUT2D eigenvalue weighted by atomic mass is 32.2. The second-order valence-corrected chi connectivity index (χ2v) is 8.05. The van der Waals surface area contributed by atoms with Crippen molar-refractivity contribution < 1.29 is 8.42 Å². The Morgan fingerprint density at radius 2 is 1.94 bits per heavy atom. The molecular weight excluding hydrogens is 224 g/mol. The summed E-state index contributed by atoms with van der Waals surface area (Å²) in [4.78, 5) is 0. The van der Waals surface area contributed by atoms with Gasteiger partial charge < -0.3 is 5.73 Å². The molecule has 3 fully saturated rings. The fraction of sp³-hybridized carbons (Fsp3) is 1.00. The second kappa shape index (κ2) is 3.43. The van der Waals surface area contributed by atoms with Gasteiger partial charge in [-0.3, -0.25) is 0 Å². The van der Waals surface area contributed by atoms with Crippen molar-refractivity contribution >= 4 is 10.0 Å². The fourth-order valence-electron chi connectivity index (χ4n) is 3.12. The summed E-state index contributed by atoms with van der Waals surface area (Å²) in [5, 5.41) is -0.0969. The van der Waals surface area contributed by atoms with Crippen LogP contribution in [0.15, 0.2) is 0 Å². The van der Waals surface area contributed by atoms with E-state index in [0.29, 0.717) is 18.5 Å². The molecule has 16 heavy (non-hydrogen) atoms. The third-order valence-electron chi connectivity index (χ3n) is 4.48. The number of sulfonamides is 1. The van der Waals surface area contributed by atoms with Crippen LogP contribution in [-0.2, 0) is 10.0 Å². The van der Waals surface area contributed by atoms with Gasteiger partial charge in [-0.15, -0.1) is 0 Å². The molecule has 1 aliphatic heterocycles. The van der Waals surface area contributed by atoms with Gasteiger partial charge in [-0.25, -0.2) is 12.7 Å². The first-order valence-corrected chi connectivity index (χ1v) is 7.77. The van der Waals surface area contributed by atoms with E-state index >= 15 is 0 Å². The predicted octanol–water partition coefficient (Wildman–Crippen LogP) is 0.682. The Morgan fingerprint density at radius 1 is 1.25 bits per heavy atom. The van der Waals surface area contributed by atoms with Gasteiger partial charge in [0.2, 0.25) is 10.0 Å². The highest BCUT2D eigenvalue weighted by Crippen LogP contribution is 2.62. The third-order valence-corrected chi connectivity index (χ3v) is 6.71. The van der Waals surface area contributed by atoms with Gasteiger partial charge in [0, 0.05) is 19.1 Å². The topological polar surface area (TPSA) is 63.4 Å². The molecular formula is C11H20N2O2S. The average molecular weight is 244 g/mol. The van der Waals surface area contributed by atoms with Crippen molar-refractivity contribution in [2.45, 2.75) is 49.8 Å². The zero-order chi connectivity index (χ0) is 11.4. The van der Waals surface area contributed by atoms with Crippen LogP contribution < -0.4 is 5.73 Å². The maximum Gasteiger partial charge on any atom is 0.217 e. The van der Waals surface area contributed by atoms with Crippen LogP contribution in [0.25, 0.3) is 0 Å². The zero-order valence-corrected chi connectivity index (χ0v) is 10.4. The Balaban J connectivity index is 1.67. The van der Waals surface area contributed by atoms with Gasteiger partial charge in [-0.2, -0.15) is 0 Å². The Labute approximate surface area is 97.2 Å². The molecule has 1 saturated heterocycles. The lowest BCUT2D eigenvalue weighted by molar-refractivity contribution is 0.260. The molecule has 4 nitrogen and oxygen atoms in total. The van der Waals surface area contributed by atoms with Crippen LogP contribution in [0.4, 0.5) is 0 Å². The number of nitrogens with zero attached hydrogens (tertiary/aromatic N) is 1. The monoisotopic (exact) mass is 244 g/mol. The smallest absolute Gasteiger partial charge is 0.217 e. The fourth-order valence-corrected chi connectivity index (χ4v) is 5.45. The number of nitrogens with two attached hydrogens (primary N) is 1. The molecule has 3 rings (SSSR count). The van der Waals surface area contributed by atoms with Crippen LogP contribution in [0.3, 0.4) is 0 Å². The summed E-state index contributed by atoms with van der Waals surface area (Å²) in [5.41, 5.74) is 6.29. The molecule has 0 radical (unpaired) electrons. The first-order chi connectivity index (χ1) is 7.52. The summed E-state index contributed by atoms with van der Waals surface area (Å²) in [6, 6.07) is 0.0403. The SMILES string of the molecule is N[C@@H]1CCCN(S(=O)(=O)C2CC3(CC3)C2)C1. The molecule has 2 saturated carbocycles. The first-order valence-electron chi connectivity index (χ1n) is 6.26. The van der Waals surface area contributed by atoms with E-state index in [1.54, 1.807) is 4.31 Å². The number of piperidine rings is 1. The standard InChI is InChI=1S/C11H20N2O2S/c12-9-2-1-5-13(8-9)16(14,15)10-6-11(7-10)3-4-11/h9-10H,1-8,12H2/t9-/m1/s1. The first kappa shape index (κ1) is 11.0. The number of hydrogen-bond donors (Lipinski definition) is 1. The minimum atomic E-state index is -3.04. The van der Waals surface area contributed by atoms with E-state index in [0.717, 1.165) is 25.7 Å². The lowest BCUT2D eigenvalue weighted by atomic mass is 9.81. The van der Waals surface area contributed by atoms with Gasteiger partial charge in [-0.05, 0) is 43.9 Å². The van der Waals surface area contributed by atoms with E-state index < -0.39 is 10.0 Å². The van der Waals surface area contributed by atoms with Gasteiger partial charge >= 0.3 is 0 Å². The molecule has 5 heteroatoms. The van der Waals surface area contributed by atoms with Gasteiger partial charge in [0.25, 0.3) is 0 Å². The summed E-state index contributed by atoms with van der Waals surface area (Å²) in [5.74, 6) is 0. The summed E-state index contributed by atoms with van der Waals surface area (Å²) in [6.07, 6.45) is 6.18. The normalized spacial score (nSPS) is 34.9. The lowest BCUT2D eigenvalue weighted by Gasteiger charge is -2.40. The van der Waals surface area contributed by atoms with Gasteiger partial charge in [0.05, 0.1) is 5.25 Å². The Bertz CT molecular complexity index is 381. The van der Waals surface area contributed by atoms with E-state index in [4.69, 9.17) is 5.73 Å². The van der Waals surface area contributed by atoms with Crippen molar-refractivity contribution in [3.8, 4) is 0 Å². The van der Waals surface area contributed by atoms with Crippen molar-refractivity contribution in [2.75, 3.05) is 13.1 Å². The zero-order valence-electron chi connectivity index (χ0n) is 9.56. The lowest BCUT2D eigenvalue weighted by Crippen LogP contribution is -2.51. The van der Waals surface area contributed by atoms with Crippen LogP contribution in [0.5, 0.6) is 0 Å². The van der Waals surface area contributed by atoms with Crippen LogP contribution in [0, 0.1) is 5.41 Å². The Morgan fingerprint density at radius 3 is 2.50 bits per heavy atom. The van der Waals surface area contributed by atoms with E-state index in [2.05, 4.69) is 0 Å². The highest BCUT2D eigenvalue weighted by molar-refractivity contribution is 7.89. The van der Waals surface area contributed by atoms with Gasteiger partial charge in [-0.1, -0.05) is 0 Å². The highest BCUT2D eigenvalue weighted by Gasteiger charge is 2.57. The summed E-state index contributed by atoms with van der Waals surface area (Å²) >= 11 is 0. The minimum absolute atomic E-state index is 0.0403. The maximum atomic E-state index is 12.3. The summed E-state index contributed by atoms with van der Waals surface area (Å²) in [6.45, 7) is 1.21. The molecule has 0 bridgehead atoms. The van der Waals surface area contributed by atoms with Crippen molar-refractivity contribution in [1.29, 1.82) is 0 Å². The van der Waals surface area contributed by atoms with E-state index in [1.165, 1.54) is 12.8 Å². The molecule has 2 N–H and O–H groups in total. The molecule has 0 aromatic heterocycles. The van der Waals surface area contributed by atoms with E-state index in [9.17, 15) is 8.42 Å². The minimum Gasteiger partial charge on any atom is -0.327 e. The van der Waals surface area contributed by atoms with Crippen molar-refractivity contribution in [2.24, 2.45) is 11.1 Å². The van der Waals surface area contributed by atoms with Crippen LogP contribution >= 0.6 is 0 Å². The Hall–Kier alpha value is -0.130. The van der Waals surface area contributed by atoms with Crippen LogP contribution in [0.1, 0.15) is 38.5 Å². The Kier molecular flexibility index (Phi) is 2.36. The molecule has 1 atom stereocenters. The van der Waals surface area contributed by atoms with Crippen molar-refractivity contribution in [3.63, 3.8) is 0 Å². The molecule has 2 aliphatic carbocycles. The van der Waals surface area contributed by atoms with Gasteiger partial charge in [0.1, 0.15) is 0 Å². The van der Waals surface area contributed by atoms with Crippen LogP contribution in [-0.4, -0.2) is 37.1 Å². The van der Waals surface area contributed by atoms with Crippen molar-refractivity contribution in [1.82, 2.24) is 4.31 Å². The summed E-state index contributed by atoms with van der Waals surface area (Å²) < 4.78 is 26.2. The summed E-state index contributed by atoms with van der Waals surface area (Å²) in [7, 11) is -3.04. The third kappa shape index (κ3) is 1.69. The van der Waals surface area contributed by atoms with E-state index in [-0.39, 0.29) is 11.3 Å². The predicted molar refractivity (Wildman–Crippen MR) is 62.4 cm³/mol. The van der Waals surface area contributed by atoms with Crippen LogP contribution in [0.2, 0.25) is 0 Å². The molecule has 1 spiro atoms. The van der Waals surface area contributed by atoms with E-state index in [1.807, 2.05) is 0 Å². The molecule has 92 valence electrons. The molecule has 1 heterocycles. The maximum absolute atomic E-state index is 12.3. The quantitative estimate of drug-likeness (QED) is 0.777. The van der Waals surface area contributed by atoms with Gasteiger partial charge in [0.15, 0.2) is 0 Å². The van der Waals surface area contributed by atoms with Crippen molar-refractivity contribution in [3.05, 3.63) is 0 Å². The average Bonchev–Trinajstić information content (AvgIpc) is 2.95. The molecule has 3 aliphatic rings. The number of hydrogen-bond acceptors (Lipinski definition) is 3. The molecule has 0 aromatic rings. The number of rotatable bonds is 2.